The van der Waals surface area contributed by atoms with Gasteiger partial charge in [-0.3, -0.25) is 9.59 Å². The van der Waals surface area contributed by atoms with E-state index in [9.17, 15) is 9.59 Å². The van der Waals surface area contributed by atoms with E-state index >= 15 is 0 Å². The maximum atomic E-state index is 12.3. The molecule has 1 atom stereocenters. The average Bonchev–Trinajstić information content (AvgIpc) is 2.97. The first-order chi connectivity index (χ1) is 11.7. The molecular formula is C19H20N2O2S. The second kappa shape index (κ2) is 7.53. The number of hydrogen-bond acceptors (Lipinski definition) is 3. The molecule has 0 spiro atoms. The van der Waals surface area contributed by atoms with E-state index in [0.29, 0.717) is 24.4 Å². The number of thioether (sulfide) groups is 1. The fraction of sp³-hybridized carbons (Fsp3) is 0.263. The van der Waals surface area contributed by atoms with Crippen LogP contribution in [0.4, 0.5) is 0 Å². The highest BCUT2D eigenvalue weighted by molar-refractivity contribution is 8.00. The Morgan fingerprint density at radius 3 is 2.54 bits per heavy atom. The maximum Gasteiger partial charge on any atom is 0.251 e. The van der Waals surface area contributed by atoms with Crippen molar-refractivity contribution in [3.8, 4) is 0 Å². The molecule has 1 aliphatic heterocycles. The van der Waals surface area contributed by atoms with Gasteiger partial charge in [-0.25, -0.2) is 0 Å². The lowest BCUT2D eigenvalue weighted by molar-refractivity contribution is -0.128. The van der Waals surface area contributed by atoms with Crippen molar-refractivity contribution in [3.05, 3.63) is 71.3 Å². The van der Waals surface area contributed by atoms with Crippen LogP contribution < -0.4 is 5.32 Å². The lowest BCUT2D eigenvalue weighted by atomic mass is 10.1. The van der Waals surface area contributed by atoms with Gasteiger partial charge in [-0.1, -0.05) is 42.5 Å². The molecular weight excluding hydrogens is 320 g/mol. The summed E-state index contributed by atoms with van der Waals surface area (Å²) in [7, 11) is 0. The predicted octanol–water partition coefficient (Wildman–Crippen LogP) is 3.21. The largest absolute Gasteiger partial charge is 0.352 e. The summed E-state index contributed by atoms with van der Waals surface area (Å²) in [6, 6.07) is 17.5. The fourth-order valence-electron chi connectivity index (χ4n) is 2.74. The van der Waals surface area contributed by atoms with Gasteiger partial charge in [-0.2, -0.15) is 0 Å². The van der Waals surface area contributed by atoms with Crippen molar-refractivity contribution in [1.82, 2.24) is 10.2 Å². The molecule has 0 unspecified atom stereocenters. The Labute approximate surface area is 146 Å². The number of carbonyl (C=O) groups excluding carboxylic acids is 2. The molecule has 1 aliphatic rings. The number of nitrogens with one attached hydrogen (secondary N) is 1. The molecule has 1 heterocycles. The molecule has 124 valence electrons. The first-order valence-corrected chi connectivity index (χ1v) is 9.07. The molecule has 1 fully saturated rings. The van der Waals surface area contributed by atoms with Gasteiger partial charge in [0.15, 0.2) is 0 Å². The van der Waals surface area contributed by atoms with Gasteiger partial charge in [-0.05, 0) is 30.2 Å². The van der Waals surface area contributed by atoms with E-state index in [-0.39, 0.29) is 17.2 Å². The average molecular weight is 340 g/mol. The molecule has 1 saturated heterocycles. The van der Waals surface area contributed by atoms with E-state index in [1.54, 1.807) is 11.8 Å². The molecule has 24 heavy (non-hydrogen) atoms. The Morgan fingerprint density at radius 2 is 1.88 bits per heavy atom. The topological polar surface area (TPSA) is 49.4 Å². The summed E-state index contributed by atoms with van der Waals surface area (Å²) in [5, 5.41) is 2.79. The molecule has 1 N–H and O–H groups in total. The zero-order chi connectivity index (χ0) is 16.9. The number of amides is 2. The van der Waals surface area contributed by atoms with Crippen molar-refractivity contribution in [2.75, 3.05) is 12.3 Å². The van der Waals surface area contributed by atoms with Crippen LogP contribution in [0.2, 0.25) is 0 Å². The van der Waals surface area contributed by atoms with E-state index in [0.717, 1.165) is 11.1 Å². The summed E-state index contributed by atoms with van der Waals surface area (Å²) < 4.78 is 0. The molecule has 0 bridgehead atoms. The van der Waals surface area contributed by atoms with Crippen LogP contribution in [0.1, 0.15) is 33.8 Å². The Balaban J connectivity index is 1.77. The molecule has 0 radical (unpaired) electrons. The summed E-state index contributed by atoms with van der Waals surface area (Å²) in [6.45, 7) is 3.11. The van der Waals surface area contributed by atoms with Crippen molar-refractivity contribution < 1.29 is 9.59 Å². The van der Waals surface area contributed by atoms with E-state index in [2.05, 4.69) is 5.32 Å². The van der Waals surface area contributed by atoms with Gasteiger partial charge in [0, 0.05) is 18.7 Å². The van der Waals surface area contributed by atoms with Crippen LogP contribution >= 0.6 is 11.8 Å². The Morgan fingerprint density at radius 1 is 1.17 bits per heavy atom. The first-order valence-electron chi connectivity index (χ1n) is 8.02. The minimum Gasteiger partial charge on any atom is -0.352 e. The standard InChI is InChI=1S/C19H20N2O2S/c1-2-20-18(23)15-8-10-16(11-9-15)19-21(17(22)13-24-19)12-14-6-4-3-5-7-14/h3-11,19H,2,12-13H2,1H3,(H,20,23)/t19-/m1/s1. The summed E-state index contributed by atoms with van der Waals surface area (Å²) in [5.74, 6) is 0.581. The summed E-state index contributed by atoms with van der Waals surface area (Å²) in [5.41, 5.74) is 2.82. The summed E-state index contributed by atoms with van der Waals surface area (Å²) in [4.78, 5) is 26.0. The van der Waals surface area contributed by atoms with Crippen molar-refractivity contribution in [2.24, 2.45) is 0 Å². The van der Waals surface area contributed by atoms with Gasteiger partial charge in [0.1, 0.15) is 5.37 Å². The third-order valence-corrected chi connectivity index (χ3v) is 5.22. The minimum absolute atomic E-state index is 0.000919. The normalized spacial score (nSPS) is 17.1. The molecule has 2 aromatic carbocycles. The first kappa shape index (κ1) is 16.6. The molecule has 0 saturated carbocycles. The van der Waals surface area contributed by atoms with E-state index < -0.39 is 0 Å². The van der Waals surface area contributed by atoms with Crippen LogP contribution in [0.15, 0.2) is 54.6 Å². The monoisotopic (exact) mass is 340 g/mol. The van der Waals surface area contributed by atoms with Crippen molar-refractivity contribution in [2.45, 2.75) is 18.8 Å². The van der Waals surface area contributed by atoms with E-state index in [4.69, 9.17) is 0 Å². The SMILES string of the molecule is CCNC(=O)c1ccc([C@H]2SCC(=O)N2Cc2ccccc2)cc1. The van der Waals surface area contributed by atoms with Gasteiger partial charge in [0.2, 0.25) is 5.91 Å². The van der Waals surface area contributed by atoms with Crippen molar-refractivity contribution >= 4 is 23.6 Å². The van der Waals surface area contributed by atoms with Crippen LogP contribution in [0.5, 0.6) is 0 Å². The Bertz CT molecular complexity index is 716. The van der Waals surface area contributed by atoms with Gasteiger partial charge >= 0.3 is 0 Å². The smallest absolute Gasteiger partial charge is 0.251 e. The number of benzene rings is 2. The van der Waals surface area contributed by atoms with Gasteiger partial charge in [0.25, 0.3) is 5.91 Å². The molecule has 4 nitrogen and oxygen atoms in total. The van der Waals surface area contributed by atoms with Crippen LogP contribution in [0, 0.1) is 0 Å². The summed E-state index contributed by atoms with van der Waals surface area (Å²) in [6.07, 6.45) is 0. The Kier molecular flexibility index (Phi) is 5.20. The van der Waals surface area contributed by atoms with Crippen molar-refractivity contribution in [1.29, 1.82) is 0 Å². The zero-order valence-electron chi connectivity index (χ0n) is 13.6. The second-order valence-corrected chi connectivity index (χ2v) is 6.72. The lowest BCUT2D eigenvalue weighted by Crippen LogP contribution is -2.27. The van der Waals surface area contributed by atoms with Gasteiger partial charge in [-0.15, -0.1) is 11.8 Å². The molecule has 0 aromatic heterocycles. The molecule has 0 aliphatic carbocycles. The zero-order valence-corrected chi connectivity index (χ0v) is 14.4. The molecule has 2 aromatic rings. The number of nitrogens with zero attached hydrogens (tertiary/aromatic N) is 1. The second-order valence-electron chi connectivity index (χ2n) is 5.65. The summed E-state index contributed by atoms with van der Waals surface area (Å²) >= 11 is 1.63. The minimum atomic E-state index is -0.0691. The van der Waals surface area contributed by atoms with Crippen LogP contribution in [0.25, 0.3) is 0 Å². The third-order valence-electron chi connectivity index (χ3n) is 3.96. The quantitative estimate of drug-likeness (QED) is 0.909. The Hall–Kier alpha value is -2.27. The van der Waals surface area contributed by atoms with Crippen molar-refractivity contribution in [3.63, 3.8) is 0 Å². The molecule has 3 rings (SSSR count). The molecule has 5 heteroatoms. The highest BCUT2D eigenvalue weighted by Gasteiger charge is 2.32. The highest BCUT2D eigenvalue weighted by atomic mass is 32.2. The third kappa shape index (κ3) is 3.62. The van der Waals surface area contributed by atoms with Gasteiger partial charge in [0.05, 0.1) is 5.75 Å². The van der Waals surface area contributed by atoms with E-state index in [1.807, 2.05) is 66.4 Å². The maximum absolute atomic E-state index is 12.3. The van der Waals surface area contributed by atoms with Crippen LogP contribution in [-0.2, 0) is 11.3 Å². The number of carbonyl (C=O) groups is 2. The highest BCUT2D eigenvalue weighted by Crippen LogP contribution is 2.39. The lowest BCUT2D eigenvalue weighted by Gasteiger charge is -2.24. The van der Waals surface area contributed by atoms with Gasteiger partial charge < -0.3 is 10.2 Å². The predicted molar refractivity (Wildman–Crippen MR) is 96.6 cm³/mol. The number of hydrogen-bond donors (Lipinski definition) is 1. The van der Waals surface area contributed by atoms with Crippen LogP contribution in [0.3, 0.4) is 0 Å². The van der Waals surface area contributed by atoms with Crippen LogP contribution in [-0.4, -0.2) is 29.0 Å². The van der Waals surface area contributed by atoms with E-state index in [1.165, 1.54) is 0 Å². The number of rotatable bonds is 5. The fourth-order valence-corrected chi connectivity index (χ4v) is 3.93. The molecule has 2 amide bonds.